The molecule has 1 aromatic rings. The van der Waals surface area contributed by atoms with E-state index in [0.29, 0.717) is 23.5 Å². The van der Waals surface area contributed by atoms with Gasteiger partial charge in [-0.2, -0.15) is 0 Å². The number of ether oxygens (including phenoxy) is 3. The van der Waals surface area contributed by atoms with Gasteiger partial charge in [0.25, 0.3) is 0 Å². The van der Waals surface area contributed by atoms with E-state index in [0.717, 1.165) is 0 Å². The zero-order chi connectivity index (χ0) is 11.4. The number of carbonyl (C=O) groups is 1. The lowest BCUT2D eigenvalue weighted by Crippen LogP contribution is -2.07. The van der Waals surface area contributed by atoms with Crippen molar-refractivity contribution in [2.75, 3.05) is 20.0 Å². The van der Waals surface area contributed by atoms with Gasteiger partial charge in [-0.15, -0.1) is 0 Å². The molecule has 0 amide bonds. The van der Waals surface area contributed by atoms with Gasteiger partial charge in [0, 0.05) is 13.0 Å². The fourth-order valence-electron chi connectivity index (χ4n) is 1.34. The molecule has 0 radical (unpaired) electrons. The zero-order valence-corrected chi connectivity index (χ0v) is 8.64. The predicted octanol–water partition coefficient (Wildman–Crippen LogP) is 0.954. The van der Waals surface area contributed by atoms with Gasteiger partial charge in [0.05, 0.1) is 12.2 Å². The first-order valence-electron chi connectivity index (χ1n) is 4.99. The summed E-state index contributed by atoms with van der Waals surface area (Å²) >= 11 is 0. The summed E-state index contributed by atoms with van der Waals surface area (Å²) in [5.41, 5.74) is 0.419. The summed E-state index contributed by atoms with van der Waals surface area (Å²) in [7, 11) is 0. The second-order valence-electron chi connectivity index (χ2n) is 3.28. The Hall–Kier alpha value is -1.75. The van der Waals surface area contributed by atoms with Crippen LogP contribution in [-0.2, 0) is 4.74 Å². The van der Waals surface area contributed by atoms with Crippen molar-refractivity contribution in [2.45, 2.75) is 6.42 Å². The average Bonchev–Trinajstić information content (AvgIpc) is 2.76. The minimum Gasteiger partial charge on any atom is -0.462 e. The van der Waals surface area contributed by atoms with Gasteiger partial charge >= 0.3 is 5.97 Å². The van der Waals surface area contributed by atoms with Crippen molar-refractivity contribution in [3.63, 3.8) is 0 Å². The number of rotatable bonds is 4. The fraction of sp³-hybridized carbons (Fsp3) is 0.364. The van der Waals surface area contributed by atoms with Crippen molar-refractivity contribution in [1.82, 2.24) is 0 Å². The first kappa shape index (κ1) is 10.8. The van der Waals surface area contributed by atoms with Gasteiger partial charge in [-0.3, -0.25) is 0 Å². The van der Waals surface area contributed by atoms with Gasteiger partial charge in [0.1, 0.15) is 0 Å². The molecule has 0 aromatic heterocycles. The summed E-state index contributed by atoms with van der Waals surface area (Å²) in [6.07, 6.45) is 0.441. The van der Waals surface area contributed by atoms with Crippen LogP contribution in [-0.4, -0.2) is 31.1 Å². The SMILES string of the molecule is O=C(OCCCO)c1ccc2c(c1)OCO2. The minimum absolute atomic E-state index is 0.00835. The highest BCUT2D eigenvalue weighted by Crippen LogP contribution is 2.32. The number of aliphatic hydroxyl groups excluding tert-OH is 1. The van der Waals surface area contributed by atoms with Crippen LogP contribution in [0.4, 0.5) is 0 Å². The standard InChI is InChI=1S/C11H12O5/c12-4-1-5-14-11(13)8-2-3-9-10(6-8)16-7-15-9/h2-3,6,12H,1,4-5,7H2. The number of carbonyl (C=O) groups excluding carboxylic acids is 1. The van der Waals surface area contributed by atoms with Crippen LogP contribution in [0.15, 0.2) is 18.2 Å². The molecule has 1 heterocycles. The zero-order valence-electron chi connectivity index (χ0n) is 8.64. The van der Waals surface area contributed by atoms with Crippen molar-refractivity contribution < 1.29 is 24.1 Å². The van der Waals surface area contributed by atoms with Crippen molar-refractivity contribution >= 4 is 5.97 Å². The highest BCUT2D eigenvalue weighted by Gasteiger charge is 2.16. The van der Waals surface area contributed by atoms with Gasteiger partial charge in [-0.05, 0) is 18.2 Å². The maximum atomic E-state index is 11.5. The lowest BCUT2D eigenvalue weighted by molar-refractivity contribution is 0.0481. The van der Waals surface area contributed by atoms with Crippen molar-refractivity contribution in [3.8, 4) is 11.5 Å². The fourth-order valence-corrected chi connectivity index (χ4v) is 1.34. The van der Waals surface area contributed by atoms with Gasteiger partial charge in [0.15, 0.2) is 11.5 Å². The molecule has 0 fully saturated rings. The summed E-state index contributed by atoms with van der Waals surface area (Å²) in [5, 5.41) is 8.55. The van der Waals surface area contributed by atoms with Crippen LogP contribution >= 0.6 is 0 Å². The molecule has 86 valence electrons. The largest absolute Gasteiger partial charge is 0.462 e. The highest BCUT2D eigenvalue weighted by molar-refractivity contribution is 5.90. The van der Waals surface area contributed by atoms with E-state index in [4.69, 9.17) is 19.3 Å². The second-order valence-corrected chi connectivity index (χ2v) is 3.28. The van der Waals surface area contributed by atoms with Crippen molar-refractivity contribution in [2.24, 2.45) is 0 Å². The molecule has 0 saturated carbocycles. The quantitative estimate of drug-likeness (QED) is 0.609. The molecule has 0 bridgehead atoms. The number of benzene rings is 1. The Bertz CT molecular complexity index is 388. The van der Waals surface area contributed by atoms with E-state index < -0.39 is 5.97 Å². The molecule has 0 aliphatic carbocycles. The molecule has 1 aromatic carbocycles. The van der Waals surface area contributed by atoms with E-state index in [1.54, 1.807) is 18.2 Å². The molecule has 0 spiro atoms. The Morgan fingerprint density at radius 1 is 1.38 bits per heavy atom. The van der Waals surface area contributed by atoms with Crippen LogP contribution in [0.2, 0.25) is 0 Å². The van der Waals surface area contributed by atoms with Crippen molar-refractivity contribution in [1.29, 1.82) is 0 Å². The average molecular weight is 224 g/mol. The Kier molecular flexibility index (Phi) is 3.26. The first-order chi connectivity index (χ1) is 7.81. The molecule has 2 rings (SSSR count). The third-order valence-electron chi connectivity index (χ3n) is 2.14. The predicted molar refractivity (Wildman–Crippen MR) is 54.6 cm³/mol. The summed E-state index contributed by atoms with van der Waals surface area (Å²) in [4.78, 5) is 11.5. The molecule has 16 heavy (non-hydrogen) atoms. The smallest absolute Gasteiger partial charge is 0.338 e. The van der Waals surface area contributed by atoms with Crippen molar-refractivity contribution in [3.05, 3.63) is 23.8 Å². The van der Waals surface area contributed by atoms with Crippen LogP contribution in [0, 0.1) is 0 Å². The summed E-state index contributed by atoms with van der Waals surface area (Å²) in [5.74, 6) is 0.760. The Morgan fingerprint density at radius 3 is 3.00 bits per heavy atom. The topological polar surface area (TPSA) is 65.0 Å². The molecule has 5 heteroatoms. The Balaban J connectivity index is 2.01. The lowest BCUT2D eigenvalue weighted by Gasteiger charge is -2.04. The normalized spacial score (nSPS) is 12.6. The van der Waals surface area contributed by atoms with E-state index >= 15 is 0 Å². The summed E-state index contributed by atoms with van der Waals surface area (Å²) < 4.78 is 15.2. The summed E-state index contributed by atoms with van der Waals surface area (Å²) in [6, 6.07) is 4.88. The third kappa shape index (κ3) is 2.25. The van der Waals surface area contributed by atoms with Crippen LogP contribution in [0.5, 0.6) is 11.5 Å². The van der Waals surface area contributed by atoms with Crippen LogP contribution in [0.1, 0.15) is 16.8 Å². The van der Waals surface area contributed by atoms with Crippen LogP contribution in [0.25, 0.3) is 0 Å². The van der Waals surface area contributed by atoms with Gasteiger partial charge in [-0.1, -0.05) is 0 Å². The van der Waals surface area contributed by atoms with Gasteiger partial charge in [0.2, 0.25) is 6.79 Å². The summed E-state index contributed by atoms with van der Waals surface area (Å²) in [6.45, 7) is 0.399. The molecular formula is C11H12O5. The van der Waals surface area contributed by atoms with E-state index in [1.165, 1.54) is 0 Å². The molecule has 1 aliphatic rings. The molecule has 1 aliphatic heterocycles. The number of aliphatic hydroxyl groups is 1. The molecule has 1 N–H and O–H groups in total. The Morgan fingerprint density at radius 2 is 2.19 bits per heavy atom. The van der Waals surface area contributed by atoms with E-state index in [-0.39, 0.29) is 20.0 Å². The molecule has 0 atom stereocenters. The molecule has 5 nitrogen and oxygen atoms in total. The monoisotopic (exact) mass is 224 g/mol. The number of hydrogen-bond donors (Lipinski definition) is 1. The van der Waals surface area contributed by atoms with Crippen LogP contribution in [0.3, 0.4) is 0 Å². The molecule has 0 unspecified atom stereocenters. The second kappa shape index (κ2) is 4.85. The number of fused-ring (bicyclic) bond motifs is 1. The lowest BCUT2D eigenvalue weighted by atomic mass is 10.2. The van der Waals surface area contributed by atoms with E-state index in [1.807, 2.05) is 0 Å². The number of hydrogen-bond acceptors (Lipinski definition) is 5. The maximum Gasteiger partial charge on any atom is 0.338 e. The molecular weight excluding hydrogens is 212 g/mol. The minimum atomic E-state index is -0.424. The first-order valence-corrected chi connectivity index (χ1v) is 4.99. The van der Waals surface area contributed by atoms with Gasteiger partial charge < -0.3 is 19.3 Å². The van der Waals surface area contributed by atoms with E-state index in [9.17, 15) is 4.79 Å². The molecule has 0 saturated heterocycles. The Labute approximate surface area is 92.5 Å². The third-order valence-corrected chi connectivity index (χ3v) is 2.14. The number of esters is 1. The maximum absolute atomic E-state index is 11.5. The van der Waals surface area contributed by atoms with Gasteiger partial charge in [-0.25, -0.2) is 4.79 Å². The van der Waals surface area contributed by atoms with E-state index in [2.05, 4.69) is 0 Å². The van der Waals surface area contributed by atoms with Crippen LogP contribution < -0.4 is 9.47 Å². The highest BCUT2D eigenvalue weighted by atomic mass is 16.7.